The van der Waals surface area contributed by atoms with Gasteiger partial charge in [-0.1, -0.05) is 32.0 Å². The van der Waals surface area contributed by atoms with E-state index in [-0.39, 0.29) is 11.9 Å². The molecule has 0 aliphatic heterocycles. The summed E-state index contributed by atoms with van der Waals surface area (Å²) < 4.78 is 0. The molecule has 0 aliphatic carbocycles. The van der Waals surface area contributed by atoms with Gasteiger partial charge in [-0.3, -0.25) is 9.89 Å². The highest BCUT2D eigenvalue weighted by Gasteiger charge is 2.17. The molecule has 1 aromatic heterocycles. The largest absolute Gasteiger partial charge is 0.347 e. The summed E-state index contributed by atoms with van der Waals surface area (Å²) in [4.78, 5) is 12.2. The molecule has 2 aromatic rings. The number of carbonyl (C=O) groups is 1. The molecule has 0 spiro atoms. The number of rotatable bonds is 5. The van der Waals surface area contributed by atoms with Gasteiger partial charge in [-0.15, -0.1) is 0 Å². The number of H-pyrrole nitrogens is 1. The quantitative estimate of drug-likeness (QED) is 0.764. The summed E-state index contributed by atoms with van der Waals surface area (Å²) in [5.74, 6) is 0.318. The van der Waals surface area contributed by atoms with Gasteiger partial charge in [0.15, 0.2) is 5.69 Å². The van der Waals surface area contributed by atoms with Crippen molar-refractivity contribution in [3.8, 4) is 0 Å². The lowest BCUT2D eigenvalue weighted by molar-refractivity contribution is 0.0930. The predicted octanol–water partition coefficient (Wildman–Crippen LogP) is 1.67. The molecule has 0 bridgehead atoms. The molecule has 5 nitrogen and oxygen atoms in total. The van der Waals surface area contributed by atoms with E-state index in [2.05, 4.69) is 29.4 Å². The molecule has 4 N–H and O–H groups in total. The van der Waals surface area contributed by atoms with Gasteiger partial charge in [0.2, 0.25) is 0 Å². The van der Waals surface area contributed by atoms with Crippen LogP contribution in [-0.2, 0) is 0 Å². The molecule has 1 unspecified atom stereocenters. The first-order valence-electron chi connectivity index (χ1n) is 6.56. The van der Waals surface area contributed by atoms with Crippen LogP contribution < -0.4 is 11.1 Å². The summed E-state index contributed by atoms with van der Waals surface area (Å²) in [5.41, 5.74) is 6.98. The third-order valence-corrected chi connectivity index (χ3v) is 3.06. The smallest absolute Gasteiger partial charge is 0.272 e. The predicted molar refractivity (Wildman–Crippen MR) is 75.9 cm³/mol. The fourth-order valence-corrected chi connectivity index (χ4v) is 2.17. The first kappa shape index (κ1) is 13.5. The van der Waals surface area contributed by atoms with E-state index < -0.39 is 0 Å². The number of aromatic nitrogens is 2. The normalized spacial score (nSPS) is 12.8. The Balaban J connectivity index is 2.15. The summed E-state index contributed by atoms with van der Waals surface area (Å²) in [7, 11) is 0. The van der Waals surface area contributed by atoms with Gasteiger partial charge < -0.3 is 11.1 Å². The number of nitrogens with one attached hydrogen (secondary N) is 2. The summed E-state index contributed by atoms with van der Waals surface area (Å²) in [6, 6.07) is 7.57. The van der Waals surface area contributed by atoms with Crippen LogP contribution in [0.3, 0.4) is 0 Å². The summed E-state index contributed by atoms with van der Waals surface area (Å²) in [6.07, 6.45) is 0.866. The molecule has 1 heterocycles. The maximum absolute atomic E-state index is 12.2. The average molecular weight is 260 g/mol. The molecular formula is C14H20N4O. The zero-order valence-corrected chi connectivity index (χ0v) is 11.3. The SMILES string of the molecule is CC(C)CC(CN)NC(=O)c1n[nH]c2ccccc12. The second kappa shape index (κ2) is 5.84. The van der Waals surface area contributed by atoms with Crippen LogP contribution in [0, 0.1) is 5.92 Å². The Morgan fingerprint density at radius 2 is 2.16 bits per heavy atom. The van der Waals surface area contributed by atoms with E-state index in [4.69, 9.17) is 5.73 Å². The van der Waals surface area contributed by atoms with Crippen LogP contribution >= 0.6 is 0 Å². The lowest BCUT2D eigenvalue weighted by Crippen LogP contribution is -2.41. The van der Waals surface area contributed by atoms with Crippen molar-refractivity contribution in [3.63, 3.8) is 0 Å². The Kier molecular flexibility index (Phi) is 4.16. The molecule has 102 valence electrons. The Hall–Kier alpha value is -1.88. The van der Waals surface area contributed by atoms with E-state index in [0.717, 1.165) is 17.3 Å². The van der Waals surface area contributed by atoms with Gasteiger partial charge in [-0.2, -0.15) is 5.10 Å². The topological polar surface area (TPSA) is 83.8 Å². The zero-order valence-electron chi connectivity index (χ0n) is 11.3. The molecule has 0 saturated heterocycles. The van der Waals surface area contributed by atoms with Crippen molar-refractivity contribution >= 4 is 16.8 Å². The van der Waals surface area contributed by atoms with Gasteiger partial charge in [-0.05, 0) is 18.4 Å². The summed E-state index contributed by atoms with van der Waals surface area (Å²) >= 11 is 0. The van der Waals surface area contributed by atoms with Crippen molar-refractivity contribution in [3.05, 3.63) is 30.0 Å². The van der Waals surface area contributed by atoms with Gasteiger partial charge in [-0.25, -0.2) is 0 Å². The minimum absolute atomic E-state index is 0.0111. The number of para-hydroxylation sites is 1. The van der Waals surface area contributed by atoms with Crippen LogP contribution in [0.2, 0.25) is 0 Å². The molecule has 0 radical (unpaired) electrons. The molecule has 19 heavy (non-hydrogen) atoms. The highest BCUT2D eigenvalue weighted by molar-refractivity contribution is 6.04. The van der Waals surface area contributed by atoms with Crippen molar-refractivity contribution < 1.29 is 4.79 Å². The Labute approximate surface area is 112 Å². The fraction of sp³-hybridized carbons (Fsp3) is 0.429. The number of carbonyl (C=O) groups excluding carboxylic acids is 1. The third-order valence-electron chi connectivity index (χ3n) is 3.06. The molecule has 1 aromatic carbocycles. The number of amides is 1. The second-order valence-electron chi connectivity index (χ2n) is 5.15. The van der Waals surface area contributed by atoms with Crippen molar-refractivity contribution in [2.75, 3.05) is 6.54 Å². The number of fused-ring (bicyclic) bond motifs is 1. The Bertz CT molecular complexity index is 561. The zero-order chi connectivity index (χ0) is 13.8. The Morgan fingerprint density at radius 3 is 2.84 bits per heavy atom. The van der Waals surface area contributed by atoms with Gasteiger partial charge in [0.05, 0.1) is 5.52 Å². The number of hydrogen-bond donors (Lipinski definition) is 3. The van der Waals surface area contributed by atoms with Crippen LogP contribution in [0.25, 0.3) is 10.9 Å². The number of aromatic amines is 1. The van der Waals surface area contributed by atoms with Crippen LogP contribution in [0.15, 0.2) is 24.3 Å². The van der Waals surface area contributed by atoms with E-state index in [0.29, 0.717) is 18.2 Å². The van der Waals surface area contributed by atoms with E-state index in [1.165, 1.54) is 0 Å². The van der Waals surface area contributed by atoms with Crippen LogP contribution in [0.5, 0.6) is 0 Å². The lowest BCUT2D eigenvalue weighted by Gasteiger charge is -2.18. The molecule has 1 atom stereocenters. The van der Waals surface area contributed by atoms with Gasteiger partial charge in [0, 0.05) is 18.0 Å². The molecular weight excluding hydrogens is 240 g/mol. The molecule has 5 heteroatoms. The van der Waals surface area contributed by atoms with Crippen molar-refractivity contribution in [2.24, 2.45) is 11.7 Å². The second-order valence-corrected chi connectivity index (χ2v) is 5.15. The molecule has 1 amide bonds. The van der Waals surface area contributed by atoms with E-state index in [1.807, 2.05) is 24.3 Å². The molecule has 2 rings (SSSR count). The van der Waals surface area contributed by atoms with E-state index in [9.17, 15) is 4.79 Å². The van der Waals surface area contributed by atoms with Gasteiger partial charge >= 0.3 is 0 Å². The maximum Gasteiger partial charge on any atom is 0.272 e. The number of nitrogens with zero attached hydrogens (tertiary/aromatic N) is 1. The Morgan fingerprint density at radius 1 is 1.42 bits per heavy atom. The monoisotopic (exact) mass is 260 g/mol. The van der Waals surface area contributed by atoms with Crippen LogP contribution in [0.4, 0.5) is 0 Å². The van der Waals surface area contributed by atoms with Crippen molar-refractivity contribution in [1.82, 2.24) is 15.5 Å². The number of benzene rings is 1. The number of hydrogen-bond acceptors (Lipinski definition) is 3. The van der Waals surface area contributed by atoms with Crippen molar-refractivity contribution in [2.45, 2.75) is 26.3 Å². The van der Waals surface area contributed by atoms with Gasteiger partial charge in [0.1, 0.15) is 0 Å². The molecule has 0 aliphatic rings. The number of nitrogens with two attached hydrogens (primary N) is 1. The van der Waals surface area contributed by atoms with Crippen molar-refractivity contribution in [1.29, 1.82) is 0 Å². The molecule has 0 fully saturated rings. The van der Waals surface area contributed by atoms with Gasteiger partial charge in [0.25, 0.3) is 5.91 Å². The van der Waals surface area contributed by atoms with E-state index >= 15 is 0 Å². The molecule has 0 saturated carbocycles. The average Bonchev–Trinajstić information content (AvgIpc) is 2.81. The third kappa shape index (κ3) is 3.12. The minimum Gasteiger partial charge on any atom is -0.347 e. The summed E-state index contributed by atoms with van der Waals surface area (Å²) in [6.45, 7) is 4.66. The minimum atomic E-state index is -0.173. The standard InChI is InChI=1S/C14H20N4O/c1-9(2)7-10(8-15)16-14(19)13-11-5-3-4-6-12(11)17-18-13/h3-6,9-10H,7-8,15H2,1-2H3,(H,16,19)(H,17,18). The highest BCUT2D eigenvalue weighted by Crippen LogP contribution is 2.15. The van der Waals surface area contributed by atoms with Crippen LogP contribution in [-0.4, -0.2) is 28.7 Å². The highest BCUT2D eigenvalue weighted by atomic mass is 16.2. The first-order chi connectivity index (χ1) is 9.11. The lowest BCUT2D eigenvalue weighted by atomic mass is 10.0. The van der Waals surface area contributed by atoms with E-state index in [1.54, 1.807) is 0 Å². The van der Waals surface area contributed by atoms with Crippen LogP contribution in [0.1, 0.15) is 30.8 Å². The first-order valence-corrected chi connectivity index (χ1v) is 6.56. The fourth-order valence-electron chi connectivity index (χ4n) is 2.17. The maximum atomic E-state index is 12.2. The summed E-state index contributed by atoms with van der Waals surface area (Å²) in [5, 5.41) is 10.7.